The first-order valence-corrected chi connectivity index (χ1v) is 5.45. The summed E-state index contributed by atoms with van der Waals surface area (Å²) in [5.41, 5.74) is 9.94. The third-order valence-corrected chi connectivity index (χ3v) is 3.15. The smallest absolute Gasteiger partial charge is 0.162 e. The zero-order chi connectivity index (χ0) is 12.6. The molecule has 0 saturated heterocycles. The quantitative estimate of drug-likeness (QED) is 0.359. The molecule has 0 radical (unpaired) electrons. The molecule has 17 heavy (non-hydrogen) atoms. The number of nitrogens with two attached hydrogens (primary N) is 1. The van der Waals surface area contributed by atoms with Gasteiger partial charge < -0.3 is 15.5 Å². The Balaban J connectivity index is 2.60. The highest BCUT2D eigenvalue weighted by Crippen LogP contribution is 2.21. The maximum Gasteiger partial charge on any atom is 0.162 e. The van der Waals surface area contributed by atoms with Crippen LogP contribution in [0.15, 0.2) is 23.6 Å². The zero-order valence-corrected chi connectivity index (χ0v) is 10.2. The summed E-state index contributed by atoms with van der Waals surface area (Å²) >= 11 is 0. The van der Waals surface area contributed by atoms with Gasteiger partial charge in [0.05, 0.1) is 23.4 Å². The lowest BCUT2D eigenvalue weighted by atomic mass is 10.1. The van der Waals surface area contributed by atoms with Gasteiger partial charge in [-0.15, -0.1) is 0 Å². The second-order valence-electron chi connectivity index (χ2n) is 4.28. The molecule has 1 aromatic carbocycles. The fourth-order valence-electron chi connectivity index (χ4n) is 1.82. The molecule has 0 bridgehead atoms. The van der Waals surface area contributed by atoms with E-state index < -0.39 is 0 Å². The van der Waals surface area contributed by atoms with E-state index in [0.29, 0.717) is 0 Å². The lowest BCUT2D eigenvalue weighted by Gasteiger charge is -2.13. The maximum atomic E-state index is 8.70. The Morgan fingerprint density at radius 3 is 2.71 bits per heavy atom. The molecule has 0 aliphatic carbocycles. The minimum absolute atomic E-state index is 0.169. The SMILES string of the molecule is Cc1cc2ncn(C(C)C(N)=NO)c2cc1C. The first-order valence-electron chi connectivity index (χ1n) is 5.45. The van der Waals surface area contributed by atoms with E-state index in [1.807, 2.05) is 17.6 Å². The molecule has 0 aliphatic heterocycles. The van der Waals surface area contributed by atoms with Crippen LogP contribution in [-0.2, 0) is 0 Å². The first-order chi connectivity index (χ1) is 8.04. The van der Waals surface area contributed by atoms with Gasteiger partial charge in [-0.1, -0.05) is 5.16 Å². The van der Waals surface area contributed by atoms with Crippen molar-refractivity contribution < 1.29 is 5.21 Å². The van der Waals surface area contributed by atoms with Gasteiger partial charge >= 0.3 is 0 Å². The van der Waals surface area contributed by atoms with Gasteiger partial charge in [0.1, 0.15) is 0 Å². The molecule has 0 aliphatic rings. The standard InChI is InChI=1S/C12H16N4O/c1-7-4-10-11(5-8(7)2)16(6-14-10)9(3)12(13)15-17/h4-6,9,17H,1-3H3,(H2,13,15). The number of fused-ring (bicyclic) bond motifs is 1. The summed E-state index contributed by atoms with van der Waals surface area (Å²) in [6, 6.07) is 3.89. The van der Waals surface area contributed by atoms with E-state index in [0.717, 1.165) is 11.0 Å². The van der Waals surface area contributed by atoms with E-state index in [2.05, 4.69) is 30.1 Å². The summed E-state index contributed by atoms with van der Waals surface area (Å²) in [5, 5.41) is 11.7. The van der Waals surface area contributed by atoms with E-state index in [1.165, 1.54) is 11.1 Å². The molecule has 90 valence electrons. The second kappa shape index (κ2) is 4.08. The number of rotatable bonds is 2. The van der Waals surface area contributed by atoms with Crippen LogP contribution in [0.3, 0.4) is 0 Å². The summed E-state index contributed by atoms with van der Waals surface area (Å²) in [6.45, 7) is 5.98. The van der Waals surface area contributed by atoms with Gasteiger partial charge in [-0.2, -0.15) is 0 Å². The van der Waals surface area contributed by atoms with Gasteiger partial charge in [0.25, 0.3) is 0 Å². The van der Waals surface area contributed by atoms with Crippen LogP contribution >= 0.6 is 0 Å². The summed E-state index contributed by atoms with van der Waals surface area (Å²) in [6.07, 6.45) is 1.71. The highest BCUT2D eigenvalue weighted by molar-refractivity contribution is 5.86. The highest BCUT2D eigenvalue weighted by atomic mass is 16.4. The van der Waals surface area contributed by atoms with Crippen molar-refractivity contribution in [3.63, 3.8) is 0 Å². The fraction of sp³-hybridized carbons (Fsp3) is 0.333. The van der Waals surface area contributed by atoms with Crippen molar-refractivity contribution in [1.82, 2.24) is 9.55 Å². The molecule has 0 amide bonds. The van der Waals surface area contributed by atoms with Gasteiger partial charge in [-0.25, -0.2) is 4.98 Å². The van der Waals surface area contributed by atoms with Gasteiger partial charge in [0.15, 0.2) is 5.84 Å². The summed E-state index contributed by atoms with van der Waals surface area (Å²) < 4.78 is 1.90. The van der Waals surface area contributed by atoms with Crippen molar-refractivity contribution in [2.24, 2.45) is 10.9 Å². The van der Waals surface area contributed by atoms with Crippen LogP contribution in [0.5, 0.6) is 0 Å². The van der Waals surface area contributed by atoms with Crippen LogP contribution in [0.4, 0.5) is 0 Å². The van der Waals surface area contributed by atoms with E-state index in [9.17, 15) is 0 Å². The van der Waals surface area contributed by atoms with E-state index in [4.69, 9.17) is 10.9 Å². The second-order valence-corrected chi connectivity index (χ2v) is 4.28. The summed E-state index contributed by atoms with van der Waals surface area (Å²) in [7, 11) is 0. The van der Waals surface area contributed by atoms with E-state index in [1.54, 1.807) is 6.33 Å². The Hall–Kier alpha value is -2.04. The minimum Gasteiger partial charge on any atom is -0.409 e. The van der Waals surface area contributed by atoms with Crippen LogP contribution in [0.2, 0.25) is 0 Å². The highest BCUT2D eigenvalue weighted by Gasteiger charge is 2.13. The Labute approximate surface area is 99.6 Å². The van der Waals surface area contributed by atoms with Crippen molar-refractivity contribution in [1.29, 1.82) is 0 Å². The predicted molar refractivity (Wildman–Crippen MR) is 67.3 cm³/mol. The molecule has 1 heterocycles. The molecule has 1 atom stereocenters. The lowest BCUT2D eigenvalue weighted by Crippen LogP contribution is -2.24. The number of amidine groups is 1. The minimum atomic E-state index is -0.216. The average Bonchev–Trinajstić information content (AvgIpc) is 2.70. The predicted octanol–water partition coefficient (Wildman–Crippen LogP) is 1.96. The van der Waals surface area contributed by atoms with Crippen molar-refractivity contribution in [2.45, 2.75) is 26.8 Å². The molecular formula is C12H16N4O. The largest absolute Gasteiger partial charge is 0.409 e. The number of nitrogens with zero attached hydrogens (tertiary/aromatic N) is 3. The molecule has 5 nitrogen and oxygen atoms in total. The molecule has 0 saturated carbocycles. The van der Waals surface area contributed by atoms with Crippen molar-refractivity contribution in [3.8, 4) is 0 Å². The Morgan fingerprint density at radius 1 is 1.41 bits per heavy atom. The van der Waals surface area contributed by atoms with Gasteiger partial charge in [-0.05, 0) is 44.0 Å². The molecule has 1 aromatic heterocycles. The van der Waals surface area contributed by atoms with Crippen molar-refractivity contribution >= 4 is 16.9 Å². The number of hydrogen-bond acceptors (Lipinski definition) is 3. The van der Waals surface area contributed by atoms with Crippen molar-refractivity contribution in [2.75, 3.05) is 0 Å². The monoisotopic (exact) mass is 232 g/mol. The Kier molecular flexibility index (Phi) is 2.75. The fourth-order valence-corrected chi connectivity index (χ4v) is 1.82. The number of aryl methyl sites for hydroxylation is 2. The molecule has 0 spiro atoms. The van der Waals surface area contributed by atoms with Gasteiger partial charge in [-0.3, -0.25) is 0 Å². The van der Waals surface area contributed by atoms with E-state index in [-0.39, 0.29) is 11.9 Å². The normalized spacial score (nSPS) is 14.2. The summed E-state index contributed by atoms with van der Waals surface area (Å²) in [4.78, 5) is 4.33. The Bertz CT molecular complexity index is 585. The maximum absolute atomic E-state index is 8.70. The third-order valence-electron chi connectivity index (χ3n) is 3.15. The van der Waals surface area contributed by atoms with Crippen LogP contribution in [0, 0.1) is 13.8 Å². The molecule has 0 fully saturated rings. The zero-order valence-electron chi connectivity index (χ0n) is 10.2. The topological polar surface area (TPSA) is 76.4 Å². The lowest BCUT2D eigenvalue weighted by molar-refractivity contribution is 0.314. The van der Waals surface area contributed by atoms with Crippen LogP contribution < -0.4 is 5.73 Å². The first kappa shape index (κ1) is 11.4. The molecule has 2 aromatic rings. The van der Waals surface area contributed by atoms with Crippen molar-refractivity contribution in [3.05, 3.63) is 29.6 Å². The van der Waals surface area contributed by atoms with Gasteiger partial charge in [0, 0.05) is 0 Å². The number of benzene rings is 1. The number of imidazole rings is 1. The number of hydrogen-bond donors (Lipinski definition) is 2. The average molecular weight is 232 g/mol. The molecule has 2 rings (SSSR count). The van der Waals surface area contributed by atoms with Gasteiger partial charge in [0.2, 0.25) is 0 Å². The van der Waals surface area contributed by atoms with E-state index >= 15 is 0 Å². The number of oxime groups is 1. The molecule has 5 heteroatoms. The molecule has 1 unspecified atom stereocenters. The van der Waals surface area contributed by atoms with Crippen LogP contribution in [-0.4, -0.2) is 20.6 Å². The Morgan fingerprint density at radius 2 is 2.06 bits per heavy atom. The molecule has 3 N–H and O–H groups in total. The third kappa shape index (κ3) is 1.84. The van der Waals surface area contributed by atoms with Crippen LogP contribution in [0.1, 0.15) is 24.1 Å². The molecular weight excluding hydrogens is 216 g/mol. The number of aromatic nitrogens is 2. The van der Waals surface area contributed by atoms with Crippen LogP contribution in [0.25, 0.3) is 11.0 Å². The summed E-state index contributed by atoms with van der Waals surface area (Å²) in [5.74, 6) is 0.169.